The van der Waals surface area contributed by atoms with E-state index in [2.05, 4.69) is 25.4 Å². The maximum Gasteiger partial charge on any atom is 0.307 e. The molecule has 0 saturated carbocycles. The van der Waals surface area contributed by atoms with Crippen LogP contribution in [0, 0.1) is 11.6 Å². The van der Waals surface area contributed by atoms with Crippen molar-refractivity contribution in [2.75, 3.05) is 7.11 Å². The van der Waals surface area contributed by atoms with Crippen molar-refractivity contribution in [3.05, 3.63) is 64.1 Å². The lowest BCUT2D eigenvalue weighted by molar-refractivity contribution is -0.141. The van der Waals surface area contributed by atoms with Crippen LogP contribution in [0.3, 0.4) is 0 Å². The van der Waals surface area contributed by atoms with Gasteiger partial charge in [-0.3, -0.25) is 4.79 Å². The first kappa shape index (κ1) is 19.5. The number of ether oxygens (including phenoxy) is 1. The Hall–Kier alpha value is -1.84. The first-order valence-electron chi connectivity index (χ1n) is 7.02. The van der Waals surface area contributed by atoms with E-state index in [0.717, 1.165) is 12.1 Å². The molecule has 0 spiro atoms. The number of rotatable bonds is 6. The van der Waals surface area contributed by atoms with Gasteiger partial charge in [0.25, 0.3) is 0 Å². The number of hydrogen-bond donors (Lipinski definition) is 1. The molecule has 134 valence electrons. The molecule has 0 fully saturated rings. The fourth-order valence-corrected chi connectivity index (χ4v) is 3.85. The van der Waals surface area contributed by atoms with E-state index in [-0.39, 0.29) is 6.42 Å². The number of carbonyl (C=O) groups is 1. The minimum absolute atomic E-state index is 0.297. The lowest BCUT2D eigenvalue weighted by Crippen LogP contribution is -2.31. The van der Waals surface area contributed by atoms with Crippen molar-refractivity contribution in [2.45, 2.75) is 17.4 Å². The van der Waals surface area contributed by atoms with E-state index in [1.807, 2.05) is 0 Å². The summed E-state index contributed by atoms with van der Waals surface area (Å²) >= 11 is 3.26. The molecule has 0 radical (unpaired) electrons. The number of sulfonamides is 1. The Labute approximate surface area is 152 Å². The zero-order chi connectivity index (χ0) is 18.6. The smallest absolute Gasteiger partial charge is 0.307 e. The Morgan fingerprint density at radius 1 is 1.24 bits per heavy atom. The van der Waals surface area contributed by atoms with Gasteiger partial charge in [-0.05, 0) is 29.8 Å². The van der Waals surface area contributed by atoms with Crippen LogP contribution in [0.5, 0.6) is 0 Å². The maximum atomic E-state index is 13.8. The highest BCUT2D eigenvalue weighted by Crippen LogP contribution is 2.25. The SMILES string of the molecule is COC(=O)CC(NS(=O)(=O)c1ccc(F)cc1F)c1cccc(Br)c1. The van der Waals surface area contributed by atoms with Crippen molar-refractivity contribution < 1.29 is 26.7 Å². The molecule has 0 bridgehead atoms. The van der Waals surface area contributed by atoms with Crippen molar-refractivity contribution in [1.29, 1.82) is 0 Å². The third-order valence-corrected chi connectivity index (χ3v) is 5.33. The molecular weight excluding hydrogens is 420 g/mol. The number of methoxy groups -OCH3 is 1. The summed E-state index contributed by atoms with van der Waals surface area (Å²) in [6.07, 6.45) is -0.297. The van der Waals surface area contributed by atoms with Crippen molar-refractivity contribution in [3.8, 4) is 0 Å². The monoisotopic (exact) mass is 433 g/mol. The van der Waals surface area contributed by atoms with Gasteiger partial charge in [-0.25, -0.2) is 21.9 Å². The van der Waals surface area contributed by atoms with Gasteiger partial charge in [-0.15, -0.1) is 0 Å². The average Bonchev–Trinajstić information content (AvgIpc) is 2.53. The minimum atomic E-state index is -4.34. The van der Waals surface area contributed by atoms with Crippen LogP contribution in [-0.4, -0.2) is 21.5 Å². The largest absolute Gasteiger partial charge is 0.469 e. The van der Waals surface area contributed by atoms with Crippen LogP contribution in [0.15, 0.2) is 51.8 Å². The summed E-state index contributed by atoms with van der Waals surface area (Å²) in [5, 5.41) is 0. The third-order valence-electron chi connectivity index (χ3n) is 3.33. The maximum absolute atomic E-state index is 13.8. The molecule has 1 unspecified atom stereocenters. The van der Waals surface area contributed by atoms with E-state index in [1.54, 1.807) is 24.3 Å². The summed E-state index contributed by atoms with van der Waals surface area (Å²) in [6.45, 7) is 0. The highest BCUT2D eigenvalue weighted by Gasteiger charge is 2.26. The van der Waals surface area contributed by atoms with Crippen LogP contribution in [0.25, 0.3) is 0 Å². The van der Waals surface area contributed by atoms with E-state index in [0.29, 0.717) is 16.1 Å². The first-order chi connectivity index (χ1) is 11.7. The Balaban J connectivity index is 2.39. The van der Waals surface area contributed by atoms with E-state index < -0.39 is 38.6 Å². The van der Waals surface area contributed by atoms with Gasteiger partial charge in [0.2, 0.25) is 10.0 Å². The van der Waals surface area contributed by atoms with E-state index in [1.165, 1.54) is 7.11 Å². The minimum Gasteiger partial charge on any atom is -0.469 e. The normalized spacial score (nSPS) is 12.6. The van der Waals surface area contributed by atoms with Gasteiger partial charge in [0, 0.05) is 10.5 Å². The Kier molecular flexibility index (Phi) is 6.26. The van der Waals surface area contributed by atoms with Crippen molar-refractivity contribution >= 4 is 31.9 Å². The topological polar surface area (TPSA) is 72.5 Å². The summed E-state index contributed by atoms with van der Waals surface area (Å²) in [6, 6.07) is 7.78. The Bertz CT molecular complexity index is 889. The second-order valence-electron chi connectivity index (χ2n) is 5.08. The molecule has 0 aliphatic heterocycles. The zero-order valence-corrected chi connectivity index (χ0v) is 15.4. The van der Waals surface area contributed by atoms with E-state index in [9.17, 15) is 22.0 Å². The molecule has 25 heavy (non-hydrogen) atoms. The number of hydrogen-bond acceptors (Lipinski definition) is 4. The number of halogens is 3. The number of esters is 1. The molecule has 9 heteroatoms. The van der Waals surface area contributed by atoms with Crippen molar-refractivity contribution in [2.24, 2.45) is 0 Å². The second-order valence-corrected chi connectivity index (χ2v) is 7.68. The van der Waals surface area contributed by atoms with Crippen molar-refractivity contribution in [3.63, 3.8) is 0 Å². The number of benzene rings is 2. The molecule has 2 aromatic carbocycles. The molecule has 2 rings (SSSR count). The molecule has 1 N–H and O–H groups in total. The van der Waals surface area contributed by atoms with Gasteiger partial charge in [-0.1, -0.05) is 28.1 Å². The fraction of sp³-hybridized carbons (Fsp3) is 0.188. The van der Waals surface area contributed by atoms with Crippen LogP contribution in [0.4, 0.5) is 8.78 Å². The molecule has 2 aromatic rings. The lowest BCUT2D eigenvalue weighted by Gasteiger charge is -2.19. The van der Waals surface area contributed by atoms with Crippen LogP contribution in [0.1, 0.15) is 18.0 Å². The highest BCUT2D eigenvalue weighted by atomic mass is 79.9. The standard InChI is InChI=1S/C16H14BrF2NO4S/c1-24-16(21)9-14(10-3-2-4-11(17)7-10)20-25(22,23)15-6-5-12(18)8-13(15)19/h2-8,14,20H,9H2,1H3. The lowest BCUT2D eigenvalue weighted by atomic mass is 10.1. The van der Waals surface area contributed by atoms with Gasteiger partial charge < -0.3 is 4.74 Å². The molecule has 0 saturated heterocycles. The summed E-state index contributed by atoms with van der Waals surface area (Å²) in [7, 11) is -3.16. The summed E-state index contributed by atoms with van der Waals surface area (Å²) < 4.78 is 59.3. The zero-order valence-electron chi connectivity index (χ0n) is 13.0. The number of carbonyl (C=O) groups excluding carboxylic acids is 1. The molecule has 0 aliphatic rings. The molecule has 0 heterocycles. The fourth-order valence-electron chi connectivity index (χ4n) is 2.14. The van der Waals surface area contributed by atoms with Gasteiger partial charge in [0.1, 0.15) is 16.5 Å². The van der Waals surface area contributed by atoms with Gasteiger partial charge in [0.05, 0.1) is 19.6 Å². The van der Waals surface area contributed by atoms with E-state index >= 15 is 0 Å². The van der Waals surface area contributed by atoms with Crippen molar-refractivity contribution in [1.82, 2.24) is 4.72 Å². The Morgan fingerprint density at radius 2 is 1.96 bits per heavy atom. The van der Waals surface area contributed by atoms with Crippen LogP contribution >= 0.6 is 15.9 Å². The molecule has 0 aromatic heterocycles. The van der Waals surface area contributed by atoms with Crippen LogP contribution < -0.4 is 4.72 Å². The van der Waals surface area contributed by atoms with Crippen LogP contribution in [-0.2, 0) is 19.6 Å². The van der Waals surface area contributed by atoms with E-state index in [4.69, 9.17) is 0 Å². The van der Waals surface area contributed by atoms with Gasteiger partial charge in [-0.2, -0.15) is 0 Å². The summed E-state index contributed by atoms with van der Waals surface area (Å²) in [5.74, 6) is -2.76. The molecule has 5 nitrogen and oxygen atoms in total. The van der Waals surface area contributed by atoms with Gasteiger partial charge >= 0.3 is 5.97 Å². The predicted molar refractivity (Wildman–Crippen MR) is 90.2 cm³/mol. The first-order valence-corrected chi connectivity index (χ1v) is 9.30. The second kappa shape index (κ2) is 8.03. The summed E-state index contributed by atoms with van der Waals surface area (Å²) in [5.41, 5.74) is 0.478. The molecule has 0 aliphatic carbocycles. The third kappa shape index (κ3) is 5.07. The highest BCUT2D eigenvalue weighted by molar-refractivity contribution is 9.10. The molecular formula is C16H14BrF2NO4S. The molecule has 0 amide bonds. The number of nitrogens with one attached hydrogen (secondary N) is 1. The quantitative estimate of drug-likeness (QED) is 0.709. The average molecular weight is 434 g/mol. The van der Waals surface area contributed by atoms with Crippen LogP contribution in [0.2, 0.25) is 0 Å². The Morgan fingerprint density at radius 3 is 2.56 bits per heavy atom. The summed E-state index contributed by atoms with van der Waals surface area (Å²) in [4.78, 5) is 10.9. The molecule has 1 atom stereocenters. The predicted octanol–water partition coefficient (Wildman–Crippen LogP) is 3.31. The van der Waals surface area contributed by atoms with Gasteiger partial charge in [0.15, 0.2) is 0 Å².